The summed E-state index contributed by atoms with van der Waals surface area (Å²) in [5.74, 6) is 3.56. The van der Waals surface area contributed by atoms with Gasteiger partial charge in [-0.2, -0.15) is 0 Å². The average molecular weight is 1060 g/mol. The molecule has 16 rings (SSSR count). The number of fused-ring (bicyclic) bond motifs is 10. The van der Waals surface area contributed by atoms with Gasteiger partial charge in [0.2, 0.25) is 0 Å². The molecule has 4 heterocycles. The van der Waals surface area contributed by atoms with Crippen LogP contribution in [0.3, 0.4) is 0 Å². The molecule has 0 bridgehead atoms. The quantitative estimate of drug-likeness (QED) is 0.176. The average Bonchev–Trinajstić information content (AvgIpc) is 3.99. The van der Waals surface area contributed by atoms with Crippen molar-refractivity contribution in [3.05, 3.63) is 313 Å². The normalized spacial score (nSPS) is 11.8. The van der Waals surface area contributed by atoms with E-state index in [1.807, 2.05) is 60.7 Å². The first kappa shape index (κ1) is 50.9. The largest absolute Gasteiger partial charge is 0.453 e. The van der Waals surface area contributed by atoms with Gasteiger partial charge in [0.05, 0.1) is 44.8 Å². The minimum Gasteiger partial charge on any atom is -0.453 e. The summed E-state index contributed by atoms with van der Waals surface area (Å²) in [4.78, 5) is 4.49. The fourth-order valence-electron chi connectivity index (χ4n) is 11.2. The molecule has 14 aromatic rings. The van der Waals surface area contributed by atoms with Gasteiger partial charge in [-0.05, 0) is 161 Å². The molecule has 6 heteroatoms. The second-order valence-electron chi connectivity index (χ2n) is 20.8. The lowest BCUT2D eigenvalue weighted by Crippen LogP contribution is -2.15. The van der Waals surface area contributed by atoms with E-state index in [4.69, 9.17) is 9.47 Å². The third kappa shape index (κ3) is 9.88. The van der Waals surface area contributed by atoms with Crippen molar-refractivity contribution in [1.82, 2.24) is 9.13 Å². The molecule has 396 valence electrons. The summed E-state index contributed by atoms with van der Waals surface area (Å²) in [5.41, 5.74) is 19.1. The van der Waals surface area contributed by atoms with Crippen molar-refractivity contribution in [2.24, 2.45) is 0 Å². The number of aromatic nitrogens is 2. The molecule has 0 fully saturated rings. The third-order valence-electron chi connectivity index (χ3n) is 15.1. The highest BCUT2D eigenvalue weighted by atomic mass is 16.5. The van der Waals surface area contributed by atoms with E-state index >= 15 is 0 Å². The lowest BCUT2D eigenvalue weighted by atomic mass is 10.1. The lowest BCUT2D eigenvalue weighted by molar-refractivity contribution is 0.476. The number of anilines is 6. The molecule has 0 atom stereocenters. The van der Waals surface area contributed by atoms with Crippen LogP contribution < -0.4 is 19.3 Å². The highest BCUT2D eigenvalue weighted by Gasteiger charge is 2.27. The number of hydrogen-bond donors (Lipinski definition) is 0. The fraction of sp³-hybridized carbons (Fsp3) is 0.0526. The van der Waals surface area contributed by atoms with Gasteiger partial charge in [0.25, 0.3) is 0 Å². The minimum atomic E-state index is 0.886. The Bertz CT molecular complexity index is 4450. The summed E-state index contributed by atoms with van der Waals surface area (Å²) in [6, 6.07) is 101. The molecule has 0 saturated carbocycles. The lowest BCUT2D eigenvalue weighted by Gasteiger charge is -2.32. The van der Waals surface area contributed by atoms with Crippen molar-refractivity contribution in [1.29, 1.82) is 0 Å². The highest BCUT2D eigenvalue weighted by molar-refractivity contribution is 6.10. The Morgan fingerprint density at radius 2 is 0.537 bits per heavy atom. The molecule has 0 saturated heterocycles. The maximum atomic E-state index is 6.07. The number of benzene rings is 12. The second kappa shape index (κ2) is 22.3. The van der Waals surface area contributed by atoms with Crippen LogP contribution >= 0.6 is 0 Å². The summed E-state index contributed by atoms with van der Waals surface area (Å²) in [6.07, 6.45) is 0. The maximum absolute atomic E-state index is 6.07. The summed E-state index contributed by atoms with van der Waals surface area (Å²) in [5, 5.41) is 5.26. The zero-order valence-electron chi connectivity index (χ0n) is 46.3. The Morgan fingerprint density at radius 1 is 0.220 bits per heavy atom. The number of ether oxygens (including phenoxy) is 2. The summed E-state index contributed by atoms with van der Waals surface area (Å²) in [7, 11) is 0. The number of hydrogen-bond acceptors (Lipinski definition) is 4. The highest BCUT2D eigenvalue weighted by Crippen LogP contribution is 2.51. The minimum absolute atomic E-state index is 0.886. The van der Waals surface area contributed by atoms with Gasteiger partial charge in [-0.1, -0.05) is 180 Å². The van der Waals surface area contributed by atoms with Crippen LogP contribution in [0.15, 0.2) is 291 Å². The van der Waals surface area contributed by atoms with E-state index in [2.05, 4.69) is 277 Å². The smallest absolute Gasteiger partial charge is 0.151 e. The molecule has 0 radical (unpaired) electrons. The van der Waals surface area contributed by atoms with Crippen LogP contribution in [0.25, 0.3) is 55.0 Å². The molecule has 0 amide bonds. The SMILES string of the molecule is Cc1ccc(-n2c3ccccc3c3ccccc32)cc1.Cc1ccc(N2c3ccccc3Oc3ccccc32)cc1.Cc1ccc2c(c1)Oc1ccccc1N2c1ccccc1.Cc1ccc2c(c1)c1ccccc1n2-c1ccccc1. The van der Waals surface area contributed by atoms with Crippen LogP contribution in [0.5, 0.6) is 23.0 Å². The van der Waals surface area contributed by atoms with E-state index in [1.165, 1.54) is 77.2 Å². The number of para-hydroxylation sites is 11. The van der Waals surface area contributed by atoms with Gasteiger partial charge in [-0.25, -0.2) is 0 Å². The van der Waals surface area contributed by atoms with Crippen LogP contribution in [0.1, 0.15) is 22.3 Å². The molecular formula is C76H60N4O2. The van der Waals surface area contributed by atoms with Gasteiger partial charge in [0, 0.05) is 44.3 Å². The Labute approximate surface area is 479 Å². The van der Waals surface area contributed by atoms with Gasteiger partial charge in [-0.15, -0.1) is 0 Å². The Kier molecular flexibility index (Phi) is 13.8. The predicted molar refractivity (Wildman–Crippen MR) is 343 cm³/mol. The van der Waals surface area contributed by atoms with Crippen LogP contribution in [0.2, 0.25) is 0 Å². The van der Waals surface area contributed by atoms with Crippen molar-refractivity contribution in [3.8, 4) is 34.4 Å². The molecule has 0 aliphatic carbocycles. The van der Waals surface area contributed by atoms with E-state index in [0.29, 0.717) is 0 Å². The van der Waals surface area contributed by atoms with Gasteiger partial charge < -0.3 is 28.4 Å². The van der Waals surface area contributed by atoms with Gasteiger partial charge >= 0.3 is 0 Å². The van der Waals surface area contributed by atoms with Gasteiger partial charge in [0.1, 0.15) is 0 Å². The standard InChI is InChI=1S/2C19H15NO.2C19H15N/c1-14-10-12-15(13-11-14)20-16-6-2-4-8-18(16)21-19-9-5-3-7-17(19)20;1-14-11-12-17-19(13-14)21-18-10-6-5-9-16(18)20(17)15-7-3-2-4-8-15;1-14-10-12-15(13-11-14)20-18-8-4-2-6-16(18)17-7-3-5-9-19(17)20;1-14-11-12-19-17(13-14)16-9-5-6-10-18(16)20(19)15-7-3-2-4-8-15/h2*2-13H,1H3;2*2-13H,1H3. The predicted octanol–water partition coefficient (Wildman–Crippen LogP) is 21.3. The van der Waals surface area contributed by atoms with Crippen molar-refractivity contribution >= 4 is 77.7 Å². The second-order valence-corrected chi connectivity index (χ2v) is 20.8. The van der Waals surface area contributed by atoms with Crippen LogP contribution in [0, 0.1) is 27.7 Å². The molecule has 2 aliphatic heterocycles. The molecule has 2 aromatic heterocycles. The zero-order valence-corrected chi connectivity index (χ0v) is 46.3. The van der Waals surface area contributed by atoms with E-state index in [-0.39, 0.29) is 0 Å². The van der Waals surface area contributed by atoms with E-state index in [1.54, 1.807) is 0 Å². The number of rotatable bonds is 4. The molecule has 12 aromatic carbocycles. The Balaban J connectivity index is 0.000000103. The van der Waals surface area contributed by atoms with Crippen molar-refractivity contribution in [2.75, 3.05) is 9.80 Å². The zero-order chi connectivity index (χ0) is 55.5. The fourth-order valence-corrected chi connectivity index (χ4v) is 11.2. The molecule has 0 unspecified atom stereocenters. The van der Waals surface area contributed by atoms with E-state index in [0.717, 1.165) is 57.1 Å². The summed E-state index contributed by atoms with van der Waals surface area (Å²) in [6.45, 7) is 8.45. The first-order valence-corrected chi connectivity index (χ1v) is 27.9. The van der Waals surface area contributed by atoms with Crippen molar-refractivity contribution in [3.63, 3.8) is 0 Å². The first-order chi connectivity index (χ1) is 40.3. The van der Waals surface area contributed by atoms with Gasteiger partial charge in [-0.3, -0.25) is 0 Å². The molecule has 2 aliphatic rings. The van der Waals surface area contributed by atoms with Crippen molar-refractivity contribution in [2.45, 2.75) is 27.7 Å². The van der Waals surface area contributed by atoms with Crippen LogP contribution in [-0.4, -0.2) is 9.13 Å². The summed E-state index contributed by atoms with van der Waals surface area (Å²) < 4.78 is 16.8. The molecule has 0 spiro atoms. The topological polar surface area (TPSA) is 34.8 Å². The Hall–Kier alpha value is -10.6. The van der Waals surface area contributed by atoms with Gasteiger partial charge in [0.15, 0.2) is 23.0 Å². The molecular weight excluding hydrogens is 1000 g/mol. The summed E-state index contributed by atoms with van der Waals surface area (Å²) >= 11 is 0. The Morgan fingerprint density at radius 3 is 1.04 bits per heavy atom. The number of aryl methyl sites for hydroxylation is 4. The van der Waals surface area contributed by atoms with Crippen LogP contribution in [0.4, 0.5) is 34.1 Å². The molecule has 82 heavy (non-hydrogen) atoms. The van der Waals surface area contributed by atoms with Crippen molar-refractivity contribution < 1.29 is 9.47 Å². The molecule has 0 N–H and O–H groups in total. The maximum Gasteiger partial charge on any atom is 0.151 e. The monoisotopic (exact) mass is 1060 g/mol. The number of nitrogens with zero attached hydrogens (tertiary/aromatic N) is 4. The van der Waals surface area contributed by atoms with Crippen LogP contribution in [-0.2, 0) is 0 Å². The van der Waals surface area contributed by atoms with E-state index in [9.17, 15) is 0 Å². The molecule has 6 nitrogen and oxygen atoms in total. The van der Waals surface area contributed by atoms with E-state index < -0.39 is 0 Å². The third-order valence-corrected chi connectivity index (χ3v) is 15.1. The first-order valence-electron chi connectivity index (χ1n) is 27.9.